The van der Waals surface area contributed by atoms with Gasteiger partial charge in [0.1, 0.15) is 5.76 Å². The molecule has 2 aromatic rings. The molecule has 0 aromatic carbocycles. The Morgan fingerprint density at radius 1 is 1.35 bits per heavy atom. The first kappa shape index (κ1) is 16.0. The average Bonchev–Trinajstić information content (AvgIpc) is 2.86. The van der Waals surface area contributed by atoms with Crippen LogP contribution in [0.3, 0.4) is 0 Å². The molecule has 0 amide bonds. The molecule has 3 rings (SSSR count). The van der Waals surface area contributed by atoms with Crippen molar-refractivity contribution >= 4 is 10.9 Å². The summed E-state index contributed by atoms with van der Waals surface area (Å²) in [5.41, 5.74) is 0.290. The van der Waals surface area contributed by atoms with Crippen LogP contribution in [0.5, 0.6) is 0 Å². The van der Waals surface area contributed by atoms with Crippen molar-refractivity contribution in [2.24, 2.45) is 5.92 Å². The van der Waals surface area contributed by atoms with Crippen LogP contribution in [-0.2, 0) is 6.67 Å². The molecule has 1 aliphatic heterocycles. The second-order valence-electron chi connectivity index (χ2n) is 5.95. The third kappa shape index (κ3) is 2.97. The Labute approximate surface area is 129 Å². The van der Waals surface area contributed by atoms with E-state index < -0.39 is 17.7 Å². The van der Waals surface area contributed by atoms with Crippen LogP contribution >= 0.6 is 0 Å². The number of alkyl halides is 3. The summed E-state index contributed by atoms with van der Waals surface area (Å²) in [6, 6.07) is 0. The van der Waals surface area contributed by atoms with Gasteiger partial charge >= 0.3 is 6.18 Å². The lowest BCUT2D eigenvalue weighted by Gasteiger charge is -2.33. The van der Waals surface area contributed by atoms with Gasteiger partial charge < -0.3 is 4.52 Å². The van der Waals surface area contributed by atoms with Crippen molar-refractivity contribution in [3.8, 4) is 0 Å². The molecule has 1 atom stereocenters. The molecular formula is C14H17F3N4O2. The summed E-state index contributed by atoms with van der Waals surface area (Å²) in [5.74, 6) is -0.851. The molecule has 0 bridgehead atoms. The van der Waals surface area contributed by atoms with E-state index in [4.69, 9.17) is 4.52 Å². The van der Waals surface area contributed by atoms with Crippen LogP contribution in [0.1, 0.15) is 24.3 Å². The number of rotatable bonds is 2. The Hall–Kier alpha value is -1.90. The Morgan fingerprint density at radius 3 is 2.78 bits per heavy atom. The fourth-order valence-electron chi connectivity index (χ4n) is 3.08. The Balaban J connectivity index is 1.87. The first-order chi connectivity index (χ1) is 10.8. The third-order valence-electron chi connectivity index (χ3n) is 4.23. The molecule has 1 aliphatic rings. The largest absolute Gasteiger partial charge is 0.393 e. The van der Waals surface area contributed by atoms with Crippen molar-refractivity contribution in [1.29, 1.82) is 0 Å². The van der Waals surface area contributed by atoms with E-state index in [2.05, 4.69) is 10.3 Å². The van der Waals surface area contributed by atoms with E-state index in [0.717, 1.165) is 0 Å². The molecule has 0 spiro atoms. The number of aryl methyl sites for hydroxylation is 2. The van der Waals surface area contributed by atoms with E-state index in [9.17, 15) is 18.0 Å². The van der Waals surface area contributed by atoms with Crippen molar-refractivity contribution in [3.05, 3.63) is 21.8 Å². The van der Waals surface area contributed by atoms with Gasteiger partial charge in [-0.05, 0) is 33.2 Å². The summed E-state index contributed by atoms with van der Waals surface area (Å²) in [7, 11) is 0. The zero-order valence-electron chi connectivity index (χ0n) is 12.9. The van der Waals surface area contributed by atoms with Crippen molar-refractivity contribution in [1.82, 2.24) is 19.8 Å². The van der Waals surface area contributed by atoms with Crippen LogP contribution < -0.4 is 5.56 Å². The second kappa shape index (κ2) is 5.63. The van der Waals surface area contributed by atoms with Crippen LogP contribution in [0.2, 0.25) is 0 Å². The Morgan fingerprint density at radius 2 is 2.09 bits per heavy atom. The summed E-state index contributed by atoms with van der Waals surface area (Å²) >= 11 is 0. The van der Waals surface area contributed by atoms with Gasteiger partial charge in [-0.25, -0.2) is 4.68 Å². The highest BCUT2D eigenvalue weighted by Crippen LogP contribution is 2.33. The van der Waals surface area contributed by atoms with E-state index in [0.29, 0.717) is 29.8 Å². The third-order valence-corrected chi connectivity index (χ3v) is 4.23. The minimum absolute atomic E-state index is 0.0219. The zero-order chi connectivity index (χ0) is 16.8. The molecule has 2 aromatic heterocycles. The Kier molecular flexibility index (Phi) is 3.91. The maximum absolute atomic E-state index is 12.9. The summed E-state index contributed by atoms with van der Waals surface area (Å²) in [6.07, 6.45) is -3.63. The summed E-state index contributed by atoms with van der Waals surface area (Å²) in [6.45, 7) is 3.82. The first-order valence-corrected chi connectivity index (χ1v) is 7.40. The maximum Gasteiger partial charge on any atom is 0.393 e. The number of nitrogens with zero attached hydrogens (tertiary/aromatic N) is 4. The topological polar surface area (TPSA) is 64.2 Å². The number of fused-ring (bicyclic) bond motifs is 1. The van der Waals surface area contributed by atoms with E-state index in [-0.39, 0.29) is 25.2 Å². The van der Waals surface area contributed by atoms with Crippen molar-refractivity contribution in [2.75, 3.05) is 13.1 Å². The van der Waals surface area contributed by atoms with Gasteiger partial charge in [-0.1, -0.05) is 5.16 Å². The van der Waals surface area contributed by atoms with Crippen LogP contribution in [-0.4, -0.2) is 39.1 Å². The number of halogens is 3. The van der Waals surface area contributed by atoms with Gasteiger partial charge in [0.15, 0.2) is 5.52 Å². The molecule has 1 saturated heterocycles. The summed E-state index contributed by atoms with van der Waals surface area (Å²) < 4.78 is 44.8. The Bertz CT molecular complexity index is 781. The van der Waals surface area contributed by atoms with E-state index in [1.165, 1.54) is 4.68 Å². The quantitative estimate of drug-likeness (QED) is 0.845. The number of hydrogen-bond acceptors (Lipinski definition) is 5. The molecule has 6 nitrogen and oxygen atoms in total. The molecule has 0 radical (unpaired) electrons. The molecule has 126 valence electrons. The summed E-state index contributed by atoms with van der Waals surface area (Å²) in [4.78, 5) is 14.0. The molecular weight excluding hydrogens is 313 g/mol. The zero-order valence-corrected chi connectivity index (χ0v) is 12.9. The highest BCUT2D eigenvalue weighted by atomic mass is 19.4. The lowest BCUT2D eigenvalue weighted by Crippen LogP contribution is -2.44. The van der Waals surface area contributed by atoms with Gasteiger partial charge in [-0.15, -0.1) is 0 Å². The van der Waals surface area contributed by atoms with E-state index in [1.807, 2.05) is 0 Å². The van der Waals surface area contributed by atoms with Gasteiger partial charge in [0.2, 0.25) is 0 Å². The van der Waals surface area contributed by atoms with E-state index >= 15 is 0 Å². The van der Waals surface area contributed by atoms with Crippen LogP contribution in [0.25, 0.3) is 10.9 Å². The molecule has 0 N–H and O–H groups in total. The smallest absolute Gasteiger partial charge is 0.360 e. The molecule has 1 fully saturated rings. The monoisotopic (exact) mass is 330 g/mol. The van der Waals surface area contributed by atoms with Gasteiger partial charge in [0, 0.05) is 6.54 Å². The highest BCUT2D eigenvalue weighted by Gasteiger charge is 2.41. The number of aromatic nitrogens is 3. The van der Waals surface area contributed by atoms with Crippen molar-refractivity contribution < 1.29 is 17.7 Å². The van der Waals surface area contributed by atoms with Gasteiger partial charge in [0.05, 0.1) is 23.7 Å². The number of piperidine rings is 1. The molecule has 1 unspecified atom stereocenters. The van der Waals surface area contributed by atoms with Crippen LogP contribution in [0.4, 0.5) is 13.2 Å². The second-order valence-corrected chi connectivity index (χ2v) is 5.95. The predicted molar refractivity (Wildman–Crippen MR) is 75.9 cm³/mol. The predicted octanol–water partition coefficient (Wildman–Crippen LogP) is 2.23. The molecule has 3 heterocycles. The average molecular weight is 330 g/mol. The molecule has 0 aliphatic carbocycles. The van der Waals surface area contributed by atoms with Gasteiger partial charge in [-0.3, -0.25) is 9.69 Å². The lowest BCUT2D eigenvalue weighted by atomic mass is 9.98. The minimum atomic E-state index is -4.21. The minimum Gasteiger partial charge on any atom is -0.360 e. The SMILES string of the molecule is Cc1nn(CN2CCCC(C(F)(F)F)C2)c(=O)c2noc(C)c12. The van der Waals surface area contributed by atoms with Gasteiger partial charge in [-0.2, -0.15) is 18.3 Å². The van der Waals surface area contributed by atoms with Crippen molar-refractivity contribution in [3.63, 3.8) is 0 Å². The highest BCUT2D eigenvalue weighted by molar-refractivity contribution is 5.81. The molecule has 0 saturated carbocycles. The number of hydrogen-bond donors (Lipinski definition) is 0. The maximum atomic E-state index is 12.9. The van der Waals surface area contributed by atoms with Crippen LogP contribution in [0.15, 0.2) is 9.32 Å². The first-order valence-electron chi connectivity index (χ1n) is 7.40. The van der Waals surface area contributed by atoms with E-state index in [1.54, 1.807) is 18.7 Å². The van der Waals surface area contributed by atoms with Gasteiger partial charge in [0.25, 0.3) is 5.56 Å². The summed E-state index contributed by atoms with van der Waals surface area (Å²) in [5, 5.41) is 8.50. The fraction of sp³-hybridized carbons (Fsp3) is 0.643. The fourth-order valence-corrected chi connectivity index (χ4v) is 3.08. The van der Waals surface area contributed by atoms with Crippen molar-refractivity contribution in [2.45, 2.75) is 39.5 Å². The molecule has 23 heavy (non-hydrogen) atoms. The lowest BCUT2D eigenvalue weighted by molar-refractivity contribution is -0.188. The standard InChI is InChI=1S/C14H17F3N4O2/c1-8-11-9(2)23-19-12(11)13(22)21(18-8)7-20-5-3-4-10(6-20)14(15,16)17/h10H,3-7H2,1-2H3. The normalized spacial score (nSPS) is 20.3. The van der Waals surface area contributed by atoms with Crippen LogP contribution in [0, 0.1) is 19.8 Å². The number of likely N-dealkylation sites (tertiary alicyclic amines) is 1. The molecule has 9 heteroatoms.